The van der Waals surface area contributed by atoms with Gasteiger partial charge < -0.3 is 30.6 Å². The topological polar surface area (TPSA) is 185 Å². The summed E-state index contributed by atoms with van der Waals surface area (Å²) in [6.45, 7) is -0.944. The number of hydrogen-bond donors (Lipinski definition) is 7. The van der Waals surface area contributed by atoms with Gasteiger partial charge >= 0.3 is 10.4 Å². The SMILES string of the molecule is O=S(=O)(O)OC(O)[C@H](O)[C@@H](O)[C@H](O)[C@H](O)CO. The molecule has 0 aliphatic carbocycles. The molecule has 0 aliphatic heterocycles. The molecule has 0 saturated heterocycles. The summed E-state index contributed by atoms with van der Waals surface area (Å²) >= 11 is 0. The van der Waals surface area contributed by atoms with Gasteiger partial charge in [0.25, 0.3) is 0 Å². The fourth-order valence-electron chi connectivity index (χ4n) is 0.888. The van der Waals surface area contributed by atoms with Crippen molar-refractivity contribution < 1.29 is 47.8 Å². The lowest BCUT2D eigenvalue weighted by Gasteiger charge is -2.27. The van der Waals surface area contributed by atoms with Gasteiger partial charge in [-0.25, -0.2) is 4.18 Å². The molecule has 17 heavy (non-hydrogen) atoms. The Morgan fingerprint density at radius 1 is 0.941 bits per heavy atom. The van der Waals surface area contributed by atoms with Crippen LogP contribution in [-0.2, 0) is 14.6 Å². The quantitative estimate of drug-likeness (QED) is 0.177. The zero-order chi connectivity index (χ0) is 13.8. The highest BCUT2D eigenvalue weighted by molar-refractivity contribution is 7.80. The standard InChI is InChI=1S/C6H14O10S/c7-1-2(8)3(9)4(10)5(11)6(12)16-17(13,14)15/h2-12H,1H2,(H,13,14,15)/t2-,3-,4+,5-,6?/m1/s1. The van der Waals surface area contributed by atoms with Gasteiger partial charge in [0.05, 0.1) is 6.61 Å². The Bertz CT molecular complexity index is 315. The average molecular weight is 278 g/mol. The molecular weight excluding hydrogens is 264 g/mol. The predicted molar refractivity (Wildman–Crippen MR) is 49.8 cm³/mol. The molecule has 0 aromatic rings. The molecular formula is C6H14O10S. The van der Waals surface area contributed by atoms with Crippen LogP contribution in [0.15, 0.2) is 0 Å². The highest BCUT2D eigenvalue weighted by atomic mass is 32.3. The maximum Gasteiger partial charge on any atom is 0.399 e. The van der Waals surface area contributed by atoms with Gasteiger partial charge in [0.1, 0.15) is 24.4 Å². The summed E-state index contributed by atoms with van der Waals surface area (Å²) < 4.78 is 32.0. The van der Waals surface area contributed by atoms with Crippen molar-refractivity contribution in [2.24, 2.45) is 0 Å². The van der Waals surface area contributed by atoms with Crippen molar-refractivity contribution >= 4 is 10.4 Å². The third-order valence-electron chi connectivity index (χ3n) is 1.79. The van der Waals surface area contributed by atoms with Crippen molar-refractivity contribution in [3.05, 3.63) is 0 Å². The molecule has 0 aromatic heterocycles. The summed E-state index contributed by atoms with van der Waals surface area (Å²) in [6, 6.07) is 0. The van der Waals surface area contributed by atoms with Crippen LogP contribution in [0.2, 0.25) is 0 Å². The van der Waals surface area contributed by atoms with Gasteiger partial charge in [-0.05, 0) is 0 Å². The van der Waals surface area contributed by atoms with Gasteiger partial charge in [-0.1, -0.05) is 0 Å². The Labute approximate surface area is 96.3 Å². The summed E-state index contributed by atoms with van der Waals surface area (Å²) in [7, 11) is -5.07. The smallest absolute Gasteiger partial charge is 0.394 e. The monoisotopic (exact) mass is 278 g/mol. The lowest BCUT2D eigenvalue weighted by Crippen LogP contribution is -2.50. The molecule has 0 heterocycles. The van der Waals surface area contributed by atoms with Gasteiger partial charge in [0.15, 0.2) is 0 Å². The Hall–Kier alpha value is -0.370. The molecule has 5 atom stereocenters. The highest BCUT2D eigenvalue weighted by Crippen LogP contribution is 2.10. The first-order valence-corrected chi connectivity index (χ1v) is 5.63. The van der Waals surface area contributed by atoms with Crippen molar-refractivity contribution in [1.82, 2.24) is 0 Å². The van der Waals surface area contributed by atoms with Crippen LogP contribution in [0.1, 0.15) is 0 Å². The highest BCUT2D eigenvalue weighted by Gasteiger charge is 2.36. The maximum atomic E-state index is 10.2. The molecule has 7 N–H and O–H groups in total. The van der Waals surface area contributed by atoms with Gasteiger partial charge in [0, 0.05) is 0 Å². The van der Waals surface area contributed by atoms with Gasteiger partial charge in [-0.3, -0.25) is 4.55 Å². The molecule has 0 rings (SSSR count). The van der Waals surface area contributed by atoms with Crippen LogP contribution >= 0.6 is 0 Å². The minimum absolute atomic E-state index is 0.944. The van der Waals surface area contributed by atoms with E-state index in [1.165, 1.54) is 0 Å². The van der Waals surface area contributed by atoms with Crippen molar-refractivity contribution in [1.29, 1.82) is 0 Å². The third kappa shape index (κ3) is 5.67. The Morgan fingerprint density at radius 3 is 1.76 bits per heavy atom. The molecule has 0 aliphatic rings. The zero-order valence-corrected chi connectivity index (χ0v) is 9.17. The fraction of sp³-hybridized carbons (Fsp3) is 1.00. The first-order chi connectivity index (χ1) is 7.60. The number of aliphatic hydroxyl groups is 6. The van der Waals surface area contributed by atoms with Crippen LogP contribution in [0.25, 0.3) is 0 Å². The molecule has 11 heteroatoms. The number of aliphatic hydroxyl groups excluding tert-OH is 6. The average Bonchev–Trinajstić information content (AvgIpc) is 2.22. The molecule has 0 saturated carbocycles. The summed E-state index contributed by atoms with van der Waals surface area (Å²) in [6.07, 6.45) is -11.0. The maximum absolute atomic E-state index is 10.2. The van der Waals surface area contributed by atoms with E-state index in [0.29, 0.717) is 0 Å². The number of rotatable bonds is 7. The Morgan fingerprint density at radius 2 is 1.41 bits per heavy atom. The van der Waals surface area contributed by atoms with Crippen molar-refractivity contribution in [2.75, 3.05) is 6.61 Å². The molecule has 104 valence electrons. The Balaban J connectivity index is 4.53. The second-order valence-electron chi connectivity index (χ2n) is 3.14. The van der Waals surface area contributed by atoms with Crippen molar-refractivity contribution in [3.8, 4) is 0 Å². The van der Waals surface area contributed by atoms with Gasteiger partial charge in [-0.2, -0.15) is 8.42 Å². The third-order valence-corrected chi connectivity index (χ3v) is 2.23. The van der Waals surface area contributed by atoms with Gasteiger partial charge in [-0.15, -0.1) is 0 Å². The molecule has 0 radical (unpaired) electrons. The molecule has 0 bridgehead atoms. The lowest BCUT2D eigenvalue weighted by molar-refractivity contribution is -0.181. The van der Waals surface area contributed by atoms with Crippen LogP contribution in [-0.4, -0.2) is 80.9 Å². The summed E-state index contributed by atoms with van der Waals surface area (Å²) in [4.78, 5) is 0. The predicted octanol–water partition coefficient (Wildman–Crippen LogP) is -4.44. The molecule has 0 aromatic carbocycles. The molecule has 1 unspecified atom stereocenters. The van der Waals surface area contributed by atoms with Gasteiger partial charge in [0.2, 0.25) is 6.29 Å². The minimum atomic E-state index is -5.07. The van der Waals surface area contributed by atoms with Crippen molar-refractivity contribution in [3.63, 3.8) is 0 Å². The summed E-state index contributed by atoms with van der Waals surface area (Å²) in [5.74, 6) is 0. The molecule has 10 nitrogen and oxygen atoms in total. The summed E-state index contributed by atoms with van der Waals surface area (Å²) in [5, 5.41) is 53.6. The molecule has 0 amide bonds. The van der Waals surface area contributed by atoms with Crippen LogP contribution in [0.3, 0.4) is 0 Å². The first kappa shape index (κ1) is 16.6. The molecule has 0 spiro atoms. The Kier molecular flexibility index (Phi) is 6.39. The molecule has 0 fully saturated rings. The lowest BCUT2D eigenvalue weighted by atomic mass is 10.0. The first-order valence-electron chi connectivity index (χ1n) is 4.27. The normalized spacial score (nSPS) is 21.6. The van der Waals surface area contributed by atoms with E-state index in [1.54, 1.807) is 0 Å². The minimum Gasteiger partial charge on any atom is -0.394 e. The van der Waals surface area contributed by atoms with E-state index in [-0.39, 0.29) is 0 Å². The zero-order valence-electron chi connectivity index (χ0n) is 8.36. The van der Waals surface area contributed by atoms with E-state index in [9.17, 15) is 8.42 Å². The fourth-order valence-corrected chi connectivity index (χ4v) is 1.25. The number of hydrogen-bond acceptors (Lipinski definition) is 9. The van der Waals surface area contributed by atoms with Crippen molar-refractivity contribution in [2.45, 2.75) is 30.7 Å². The largest absolute Gasteiger partial charge is 0.399 e. The second-order valence-corrected chi connectivity index (χ2v) is 4.18. The van der Waals surface area contributed by atoms with Crippen LogP contribution < -0.4 is 0 Å². The van der Waals surface area contributed by atoms with E-state index in [2.05, 4.69) is 4.18 Å². The van der Waals surface area contributed by atoms with Crippen LogP contribution in [0, 0.1) is 0 Å². The van der Waals surface area contributed by atoms with E-state index in [4.69, 9.17) is 35.2 Å². The second kappa shape index (κ2) is 6.53. The van der Waals surface area contributed by atoms with E-state index in [1.807, 2.05) is 0 Å². The van der Waals surface area contributed by atoms with Crippen LogP contribution in [0.4, 0.5) is 0 Å². The van der Waals surface area contributed by atoms with E-state index < -0.39 is 47.7 Å². The summed E-state index contributed by atoms with van der Waals surface area (Å²) in [5.41, 5.74) is 0. The van der Waals surface area contributed by atoms with E-state index in [0.717, 1.165) is 0 Å². The van der Waals surface area contributed by atoms with E-state index >= 15 is 0 Å². The van der Waals surface area contributed by atoms with Crippen LogP contribution in [0.5, 0.6) is 0 Å².